The van der Waals surface area contributed by atoms with E-state index < -0.39 is 16.2 Å². The summed E-state index contributed by atoms with van der Waals surface area (Å²) in [5, 5.41) is 2.90. The number of hydrogen-bond donors (Lipinski definition) is 1. The van der Waals surface area contributed by atoms with Crippen molar-refractivity contribution in [3.8, 4) is 0 Å². The molecule has 3 heterocycles. The number of carbonyl (C=O) groups excluding carboxylic acids is 2. The number of nitrogens with zero attached hydrogens (tertiary/aromatic N) is 4. The molecule has 2 unspecified atom stereocenters. The Morgan fingerprint density at radius 1 is 1.17 bits per heavy atom. The number of pyridine rings is 1. The van der Waals surface area contributed by atoms with Crippen molar-refractivity contribution in [1.82, 2.24) is 19.4 Å². The Balaban J connectivity index is 1.36. The third kappa shape index (κ3) is 4.24. The molecule has 1 aromatic carbocycles. The second kappa shape index (κ2) is 9.39. The van der Waals surface area contributed by atoms with Gasteiger partial charge in [-0.05, 0) is 56.0 Å². The smallest absolute Gasteiger partial charge is 0.229 e. The molecule has 0 bridgehead atoms. The largest absolute Gasteiger partial charge is 0.310 e. The predicted molar refractivity (Wildman–Crippen MR) is 138 cm³/mol. The monoisotopic (exact) mass is 501 g/mol. The molecule has 0 saturated heterocycles. The zero-order valence-corrected chi connectivity index (χ0v) is 21.3. The second-order valence-electron chi connectivity index (χ2n) is 9.25. The number of rotatable bonds is 6. The lowest BCUT2D eigenvalue weighted by atomic mass is 9.70. The highest BCUT2D eigenvalue weighted by Crippen LogP contribution is 2.39. The summed E-state index contributed by atoms with van der Waals surface area (Å²) in [5.74, 6) is 0.787. The number of benzene rings is 1. The van der Waals surface area contributed by atoms with Gasteiger partial charge in [-0.25, -0.2) is 9.97 Å². The number of aryl methyl sites for hydroxylation is 2. The molecule has 36 heavy (non-hydrogen) atoms. The molecular formula is C27H27N5O3S. The maximum absolute atomic E-state index is 13.7. The Labute approximate surface area is 211 Å². The average molecular weight is 502 g/mol. The van der Waals surface area contributed by atoms with Crippen LogP contribution in [-0.2, 0) is 33.9 Å². The van der Waals surface area contributed by atoms with Crippen LogP contribution in [0.3, 0.4) is 0 Å². The maximum Gasteiger partial charge on any atom is 0.229 e. The number of nitrogens with one attached hydrogen (secondary N) is 1. The predicted octanol–water partition coefficient (Wildman–Crippen LogP) is 3.83. The molecule has 0 spiro atoms. The van der Waals surface area contributed by atoms with Crippen molar-refractivity contribution in [3.63, 3.8) is 0 Å². The second-order valence-corrected chi connectivity index (χ2v) is 11.0. The van der Waals surface area contributed by atoms with Gasteiger partial charge in [-0.15, -0.1) is 0 Å². The molecule has 3 aromatic heterocycles. The van der Waals surface area contributed by atoms with Gasteiger partial charge in [0.15, 0.2) is 11.4 Å². The van der Waals surface area contributed by atoms with Crippen LogP contribution in [0, 0.1) is 6.92 Å². The van der Waals surface area contributed by atoms with Gasteiger partial charge in [-0.2, -0.15) is 0 Å². The number of hydrogen-bond acceptors (Lipinski definition) is 6. The molecule has 0 fully saturated rings. The summed E-state index contributed by atoms with van der Waals surface area (Å²) in [6.07, 6.45) is 8.36. The van der Waals surface area contributed by atoms with Crippen molar-refractivity contribution >= 4 is 34.0 Å². The molecule has 0 aliphatic heterocycles. The van der Waals surface area contributed by atoms with Gasteiger partial charge in [0, 0.05) is 41.0 Å². The molecule has 1 N–H and O–H groups in total. The minimum atomic E-state index is -1.02. The minimum absolute atomic E-state index is 0.0367. The van der Waals surface area contributed by atoms with Crippen molar-refractivity contribution < 1.29 is 13.8 Å². The Hall–Kier alpha value is -3.72. The third-order valence-corrected chi connectivity index (χ3v) is 8.13. The van der Waals surface area contributed by atoms with Gasteiger partial charge in [0.05, 0.1) is 34.0 Å². The summed E-state index contributed by atoms with van der Waals surface area (Å²) in [6, 6.07) is 9.06. The molecule has 0 saturated carbocycles. The van der Waals surface area contributed by atoms with Crippen molar-refractivity contribution in [2.24, 2.45) is 0 Å². The molecule has 0 radical (unpaired) electrons. The summed E-state index contributed by atoms with van der Waals surface area (Å²) < 4.78 is 13.8. The van der Waals surface area contributed by atoms with Crippen LogP contribution >= 0.6 is 0 Å². The zero-order valence-electron chi connectivity index (χ0n) is 20.4. The fraction of sp³-hybridized carbons (Fsp3) is 0.296. The molecular weight excluding hydrogens is 474 g/mol. The van der Waals surface area contributed by atoms with Gasteiger partial charge in [-0.3, -0.25) is 18.8 Å². The number of fused-ring (bicyclic) bond motifs is 2. The highest BCUT2D eigenvalue weighted by atomic mass is 32.2. The first-order chi connectivity index (χ1) is 17.3. The first kappa shape index (κ1) is 24.0. The summed E-state index contributed by atoms with van der Waals surface area (Å²) in [5.41, 5.74) is 3.32. The molecule has 4 aromatic rings. The summed E-state index contributed by atoms with van der Waals surface area (Å²) in [6.45, 7) is 5.63. The van der Waals surface area contributed by atoms with E-state index in [0.29, 0.717) is 47.0 Å². The number of ketones is 1. The van der Waals surface area contributed by atoms with Crippen molar-refractivity contribution in [1.29, 1.82) is 0 Å². The Kier molecular flexibility index (Phi) is 6.26. The lowest BCUT2D eigenvalue weighted by Crippen LogP contribution is -2.39. The van der Waals surface area contributed by atoms with Crippen LogP contribution in [0.2, 0.25) is 0 Å². The Bertz CT molecular complexity index is 1510. The Morgan fingerprint density at radius 3 is 2.61 bits per heavy atom. The SMILES string of the molecule is CCS(=O)c1ccc(CC(=O)Nc2nc3c(cc2C)C(=O)C(C)(c2nccn4ccnc24)CC3)cc1. The lowest BCUT2D eigenvalue weighted by molar-refractivity contribution is -0.115. The van der Waals surface area contributed by atoms with Gasteiger partial charge >= 0.3 is 0 Å². The molecule has 1 aliphatic carbocycles. The average Bonchev–Trinajstić information content (AvgIpc) is 3.36. The normalized spacial score (nSPS) is 18.1. The minimum Gasteiger partial charge on any atom is -0.310 e. The zero-order chi connectivity index (χ0) is 25.4. The fourth-order valence-electron chi connectivity index (χ4n) is 4.70. The van der Waals surface area contributed by atoms with Crippen LogP contribution in [-0.4, -0.2) is 41.0 Å². The van der Waals surface area contributed by atoms with Gasteiger partial charge in [-0.1, -0.05) is 19.1 Å². The quantitative estimate of drug-likeness (QED) is 0.430. The summed E-state index contributed by atoms with van der Waals surface area (Å²) in [4.78, 5) is 40.8. The number of amides is 1. The number of aromatic nitrogens is 4. The number of imidazole rings is 1. The number of carbonyl (C=O) groups is 2. The molecule has 2 atom stereocenters. The van der Waals surface area contributed by atoms with E-state index in [0.717, 1.165) is 16.0 Å². The molecule has 1 amide bonds. The highest BCUT2D eigenvalue weighted by molar-refractivity contribution is 7.85. The van der Waals surface area contributed by atoms with E-state index in [1.165, 1.54) is 0 Å². The van der Waals surface area contributed by atoms with Crippen molar-refractivity contribution in [2.45, 2.75) is 50.3 Å². The molecule has 8 nitrogen and oxygen atoms in total. The van der Waals surface area contributed by atoms with Gasteiger partial charge in [0.25, 0.3) is 0 Å². The Morgan fingerprint density at radius 2 is 1.89 bits per heavy atom. The molecule has 9 heteroatoms. The summed E-state index contributed by atoms with van der Waals surface area (Å²) >= 11 is 0. The fourth-order valence-corrected chi connectivity index (χ4v) is 5.47. The van der Waals surface area contributed by atoms with Crippen LogP contribution in [0.1, 0.15) is 53.1 Å². The maximum atomic E-state index is 13.7. The van der Waals surface area contributed by atoms with Crippen LogP contribution in [0.4, 0.5) is 5.82 Å². The van der Waals surface area contributed by atoms with E-state index in [4.69, 9.17) is 0 Å². The number of Topliss-reactive ketones (excluding diaryl/α,β-unsaturated/α-hetero) is 1. The first-order valence-electron chi connectivity index (χ1n) is 11.9. The van der Waals surface area contributed by atoms with E-state index in [1.807, 2.05) is 55.8 Å². The van der Waals surface area contributed by atoms with Gasteiger partial charge < -0.3 is 9.72 Å². The standard InChI is InChI=1S/C27H27N5O3S/c1-4-36(35)19-7-5-18(6-8-19)16-22(33)31-25-17(2)15-20-21(30-25)9-10-27(3,24(20)34)23-26-29-12-14-32(26)13-11-28-23/h5-8,11-15H,4,9-10,16H2,1-3H3,(H,30,31,33). The van der Waals surface area contributed by atoms with E-state index in [2.05, 4.69) is 20.3 Å². The van der Waals surface area contributed by atoms with Crippen LogP contribution in [0.25, 0.3) is 5.65 Å². The summed E-state index contributed by atoms with van der Waals surface area (Å²) in [7, 11) is -1.02. The van der Waals surface area contributed by atoms with E-state index in [9.17, 15) is 13.8 Å². The van der Waals surface area contributed by atoms with Crippen molar-refractivity contribution in [2.75, 3.05) is 11.1 Å². The van der Waals surface area contributed by atoms with Crippen LogP contribution in [0.5, 0.6) is 0 Å². The van der Waals surface area contributed by atoms with Crippen molar-refractivity contribution in [3.05, 3.63) is 83.2 Å². The lowest BCUT2D eigenvalue weighted by Gasteiger charge is -2.32. The van der Waals surface area contributed by atoms with Crippen LogP contribution in [0.15, 0.2) is 60.0 Å². The van der Waals surface area contributed by atoms with E-state index >= 15 is 0 Å². The number of anilines is 1. The topological polar surface area (TPSA) is 106 Å². The van der Waals surface area contributed by atoms with E-state index in [1.54, 1.807) is 24.5 Å². The van der Waals surface area contributed by atoms with Gasteiger partial charge in [0.1, 0.15) is 5.82 Å². The molecule has 184 valence electrons. The van der Waals surface area contributed by atoms with Gasteiger partial charge in [0.2, 0.25) is 5.91 Å². The third-order valence-electron chi connectivity index (χ3n) is 6.80. The molecule has 5 rings (SSSR count). The molecule has 1 aliphatic rings. The van der Waals surface area contributed by atoms with Crippen LogP contribution < -0.4 is 5.32 Å². The van der Waals surface area contributed by atoms with E-state index in [-0.39, 0.29) is 18.1 Å². The highest BCUT2D eigenvalue weighted by Gasteiger charge is 2.43. The first-order valence-corrected chi connectivity index (χ1v) is 13.2.